The number of aromatic nitrogens is 4. The summed E-state index contributed by atoms with van der Waals surface area (Å²) in [4.78, 5) is 19.9. The zero-order valence-corrected chi connectivity index (χ0v) is 22.0. The van der Waals surface area contributed by atoms with E-state index >= 15 is 0 Å². The largest absolute Gasteiger partial charge is 0.495 e. The van der Waals surface area contributed by atoms with Gasteiger partial charge in [0.2, 0.25) is 11.7 Å². The first-order valence-corrected chi connectivity index (χ1v) is 12.9. The number of methoxy groups -OCH3 is 1. The molecule has 0 atom stereocenters. The number of carbonyl (C=O) groups is 1. The molecule has 11 heteroatoms. The Morgan fingerprint density at radius 3 is 2.66 bits per heavy atom. The van der Waals surface area contributed by atoms with Crippen molar-refractivity contribution in [3.63, 3.8) is 0 Å². The van der Waals surface area contributed by atoms with E-state index in [4.69, 9.17) is 37.0 Å². The van der Waals surface area contributed by atoms with Gasteiger partial charge in [0.15, 0.2) is 0 Å². The number of carboxylic acid groups (broad SMARTS) is 1. The van der Waals surface area contributed by atoms with Crippen LogP contribution in [0.25, 0.3) is 28.7 Å². The number of allylic oxidation sites excluding steroid dienone is 1. The molecule has 0 spiro atoms. The van der Waals surface area contributed by atoms with E-state index in [-0.39, 0.29) is 11.3 Å². The van der Waals surface area contributed by atoms with Crippen molar-refractivity contribution in [3.05, 3.63) is 69.5 Å². The van der Waals surface area contributed by atoms with E-state index in [1.807, 2.05) is 6.08 Å². The van der Waals surface area contributed by atoms with Crippen LogP contribution in [0.3, 0.4) is 0 Å². The summed E-state index contributed by atoms with van der Waals surface area (Å²) in [6.07, 6.45) is 12.5. The molecule has 1 aromatic carbocycles. The Labute approximate surface area is 228 Å². The summed E-state index contributed by atoms with van der Waals surface area (Å²) >= 11 is 12.7. The van der Waals surface area contributed by atoms with Gasteiger partial charge in [-0.1, -0.05) is 51.7 Å². The smallest absolute Gasteiger partial charge is 0.339 e. The Bertz CT molecular complexity index is 1470. The maximum atomic E-state index is 11.5. The fourth-order valence-corrected chi connectivity index (χ4v) is 4.78. The Balaban J connectivity index is 1.22. The number of para-hydroxylation sites is 1. The Morgan fingerprint density at radius 2 is 1.95 bits per heavy atom. The molecule has 0 bridgehead atoms. The second-order valence-electron chi connectivity index (χ2n) is 8.91. The molecule has 3 heterocycles. The molecule has 0 saturated heterocycles. The van der Waals surface area contributed by atoms with Gasteiger partial charge in [-0.3, -0.25) is 4.98 Å². The van der Waals surface area contributed by atoms with E-state index in [9.17, 15) is 9.90 Å². The minimum absolute atomic E-state index is 0.0393. The second kappa shape index (κ2) is 11.4. The van der Waals surface area contributed by atoms with Crippen LogP contribution in [0.1, 0.15) is 65.6 Å². The average molecular weight is 555 g/mol. The number of pyridine rings is 1. The third kappa shape index (κ3) is 5.44. The fraction of sp³-hybridized carbons (Fsp3) is 0.296. The standard InChI is InChI=1S/C27H24Cl2N4O5/c1-36-25-17(8-6-9-18(25)27(34)35)26-31-21(37-33-26)10-5-3-2-4-7-16-23(32-38-24(16)15-11-12-15)22-19(28)13-30-14-20(22)29/h4,6-9,13-15H,2-3,5,10-12H2,1H3,(H,34,35)/b7-4+. The SMILES string of the molecule is COc1c(C(=O)O)cccc1-c1noc(CCCC/C=C/c2c(-c3c(Cl)cncc3Cl)noc2C2CC2)n1. The van der Waals surface area contributed by atoms with Crippen molar-refractivity contribution in [2.45, 2.75) is 44.4 Å². The van der Waals surface area contributed by atoms with Gasteiger partial charge >= 0.3 is 5.97 Å². The van der Waals surface area contributed by atoms with Crippen LogP contribution in [0.5, 0.6) is 5.75 Å². The first kappa shape index (κ1) is 25.9. The summed E-state index contributed by atoms with van der Waals surface area (Å²) in [5.41, 5.74) is 2.66. The first-order chi connectivity index (χ1) is 18.5. The van der Waals surface area contributed by atoms with Crippen LogP contribution in [-0.4, -0.2) is 38.5 Å². The number of hydrogen-bond donors (Lipinski definition) is 1. The van der Waals surface area contributed by atoms with Gasteiger partial charge < -0.3 is 18.9 Å². The van der Waals surface area contributed by atoms with Crippen LogP contribution in [0.15, 0.2) is 45.7 Å². The van der Waals surface area contributed by atoms with Gasteiger partial charge in [0.1, 0.15) is 22.8 Å². The van der Waals surface area contributed by atoms with E-state index in [1.54, 1.807) is 24.5 Å². The molecule has 4 aromatic rings. The van der Waals surface area contributed by atoms with Gasteiger partial charge in [-0.05, 0) is 44.2 Å². The number of rotatable bonds is 11. The van der Waals surface area contributed by atoms with Crippen LogP contribution in [0.4, 0.5) is 0 Å². The van der Waals surface area contributed by atoms with Gasteiger partial charge in [0, 0.05) is 35.9 Å². The highest BCUT2D eigenvalue weighted by molar-refractivity contribution is 6.39. The van der Waals surface area contributed by atoms with Crippen LogP contribution in [0.2, 0.25) is 10.0 Å². The molecule has 3 aromatic heterocycles. The fourth-order valence-electron chi connectivity index (χ4n) is 4.24. The molecular weight excluding hydrogens is 531 g/mol. The van der Waals surface area contributed by atoms with Crippen molar-refractivity contribution in [2.24, 2.45) is 0 Å². The lowest BCUT2D eigenvalue weighted by Crippen LogP contribution is -2.02. The van der Waals surface area contributed by atoms with Crippen molar-refractivity contribution in [1.29, 1.82) is 0 Å². The molecule has 0 unspecified atom stereocenters. The predicted molar refractivity (Wildman–Crippen MR) is 142 cm³/mol. The first-order valence-electron chi connectivity index (χ1n) is 12.2. The summed E-state index contributed by atoms with van der Waals surface area (Å²) in [6, 6.07) is 4.79. The average Bonchev–Trinajstić information content (AvgIpc) is 3.50. The van der Waals surface area contributed by atoms with Crippen LogP contribution < -0.4 is 4.74 Å². The van der Waals surface area contributed by atoms with Crippen molar-refractivity contribution < 1.29 is 23.7 Å². The molecule has 1 N–H and O–H groups in total. The van der Waals surface area contributed by atoms with E-state index in [0.29, 0.717) is 50.9 Å². The molecule has 1 fully saturated rings. The monoisotopic (exact) mass is 554 g/mol. The summed E-state index contributed by atoms with van der Waals surface area (Å²) in [7, 11) is 1.41. The zero-order valence-electron chi connectivity index (χ0n) is 20.5. The highest BCUT2D eigenvalue weighted by atomic mass is 35.5. The number of aryl methyl sites for hydroxylation is 1. The molecule has 0 radical (unpaired) electrons. The third-order valence-corrected chi connectivity index (χ3v) is 6.82. The molecule has 1 aliphatic rings. The topological polar surface area (TPSA) is 124 Å². The zero-order chi connectivity index (χ0) is 26.6. The molecule has 0 amide bonds. The predicted octanol–water partition coefficient (Wildman–Crippen LogP) is 7.10. The number of nitrogens with zero attached hydrogens (tertiary/aromatic N) is 4. The lowest BCUT2D eigenvalue weighted by molar-refractivity contribution is 0.0693. The van der Waals surface area contributed by atoms with Gasteiger partial charge in [-0.2, -0.15) is 4.98 Å². The molecule has 38 heavy (non-hydrogen) atoms. The maximum absolute atomic E-state index is 11.5. The van der Waals surface area contributed by atoms with Crippen LogP contribution >= 0.6 is 23.2 Å². The van der Waals surface area contributed by atoms with Crippen molar-refractivity contribution in [2.75, 3.05) is 7.11 Å². The van der Waals surface area contributed by atoms with Gasteiger partial charge in [0.25, 0.3) is 0 Å². The molecule has 1 saturated carbocycles. The molecule has 1 aliphatic carbocycles. The number of aromatic carboxylic acids is 1. The van der Waals surface area contributed by atoms with Crippen molar-refractivity contribution in [1.82, 2.24) is 20.3 Å². The van der Waals surface area contributed by atoms with E-state index in [1.165, 1.54) is 13.2 Å². The molecule has 9 nitrogen and oxygen atoms in total. The van der Waals surface area contributed by atoms with Crippen molar-refractivity contribution >= 4 is 35.2 Å². The molecule has 0 aliphatic heterocycles. The lowest BCUT2D eigenvalue weighted by atomic mass is 10.0. The lowest BCUT2D eigenvalue weighted by Gasteiger charge is -2.07. The number of benzene rings is 1. The summed E-state index contributed by atoms with van der Waals surface area (Å²) < 4.78 is 16.4. The van der Waals surface area contributed by atoms with Crippen LogP contribution in [-0.2, 0) is 6.42 Å². The number of halogens is 2. The second-order valence-corrected chi connectivity index (χ2v) is 9.73. The summed E-state index contributed by atoms with van der Waals surface area (Å²) in [5.74, 6) is 1.12. The van der Waals surface area contributed by atoms with E-state index < -0.39 is 5.97 Å². The normalized spacial score (nSPS) is 13.3. The number of hydrogen-bond acceptors (Lipinski definition) is 8. The van der Waals surface area contributed by atoms with Gasteiger partial charge in [-0.15, -0.1) is 0 Å². The summed E-state index contributed by atoms with van der Waals surface area (Å²) in [6.45, 7) is 0. The number of unbranched alkanes of at least 4 members (excludes halogenated alkanes) is 2. The maximum Gasteiger partial charge on any atom is 0.339 e. The van der Waals surface area contributed by atoms with Crippen LogP contribution in [0, 0.1) is 0 Å². The summed E-state index contributed by atoms with van der Waals surface area (Å²) in [5, 5.41) is 18.5. The molecule has 5 rings (SSSR count). The highest BCUT2D eigenvalue weighted by Crippen LogP contribution is 2.46. The minimum atomic E-state index is -1.09. The minimum Gasteiger partial charge on any atom is -0.495 e. The van der Waals surface area contributed by atoms with Gasteiger partial charge in [-0.25, -0.2) is 4.79 Å². The van der Waals surface area contributed by atoms with E-state index in [0.717, 1.165) is 43.4 Å². The van der Waals surface area contributed by atoms with Crippen molar-refractivity contribution in [3.8, 4) is 28.4 Å². The Hall–Kier alpha value is -3.69. The number of ether oxygens (including phenoxy) is 1. The highest BCUT2D eigenvalue weighted by Gasteiger charge is 2.32. The Morgan fingerprint density at radius 1 is 1.16 bits per heavy atom. The van der Waals surface area contributed by atoms with Gasteiger partial charge in [0.05, 0.1) is 22.7 Å². The quantitative estimate of drug-likeness (QED) is 0.193. The van der Waals surface area contributed by atoms with E-state index in [2.05, 4.69) is 26.4 Å². The molecule has 196 valence electrons. The molecular formula is C27H24Cl2N4O5. The third-order valence-electron chi connectivity index (χ3n) is 6.25. The Kier molecular flexibility index (Phi) is 7.76. The number of carboxylic acids is 1.